The van der Waals surface area contributed by atoms with Crippen LogP contribution in [0.5, 0.6) is 0 Å². The van der Waals surface area contributed by atoms with Crippen molar-refractivity contribution >= 4 is 22.7 Å². The molecule has 0 saturated carbocycles. The molecule has 4 nitrogen and oxygen atoms in total. The normalized spacial score (nSPS) is 10.8. The van der Waals surface area contributed by atoms with E-state index >= 15 is 0 Å². The van der Waals surface area contributed by atoms with E-state index < -0.39 is 5.97 Å². The molecule has 110 valence electrons. The third-order valence-electron chi connectivity index (χ3n) is 3.73. The zero-order chi connectivity index (χ0) is 15.7. The summed E-state index contributed by atoms with van der Waals surface area (Å²) in [6, 6.07) is 12.4. The molecule has 4 heteroatoms. The van der Waals surface area contributed by atoms with E-state index in [1.165, 1.54) is 0 Å². The zero-order valence-electron chi connectivity index (χ0n) is 12.1. The molecule has 0 amide bonds. The average Bonchev–Trinajstić information content (AvgIpc) is 3.01. The lowest BCUT2D eigenvalue weighted by Gasteiger charge is -2.08. The highest BCUT2D eigenvalue weighted by molar-refractivity contribution is 6.05. The number of carbonyl (C=O) groups is 2. The molecule has 3 aromatic rings. The number of aromatic carboxylic acids is 1. The van der Waals surface area contributed by atoms with Crippen LogP contribution in [0.3, 0.4) is 0 Å². The van der Waals surface area contributed by atoms with Gasteiger partial charge in [0.1, 0.15) is 0 Å². The molecule has 2 N–H and O–H groups in total. The van der Waals surface area contributed by atoms with Gasteiger partial charge >= 0.3 is 5.97 Å². The van der Waals surface area contributed by atoms with Gasteiger partial charge in [-0.3, -0.25) is 4.79 Å². The Morgan fingerprint density at radius 3 is 2.64 bits per heavy atom. The first-order valence-electron chi connectivity index (χ1n) is 7.08. The van der Waals surface area contributed by atoms with Gasteiger partial charge in [-0.2, -0.15) is 0 Å². The van der Waals surface area contributed by atoms with Crippen LogP contribution in [0.15, 0.2) is 48.7 Å². The molecule has 3 rings (SSSR count). The standard InChI is InChI=1S/C18H15NO3/c1-2-17(20)13-9-15(14-6-7-19-16(14)10-13)11-4-3-5-12(8-11)18(21)22/h3-10,19H,2H2,1H3,(H,21,22). The minimum absolute atomic E-state index is 0.0622. The van der Waals surface area contributed by atoms with Gasteiger partial charge in [0.2, 0.25) is 0 Å². The molecule has 0 aliphatic heterocycles. The van der Waals surface area contributed by atoms with E-state index in [1.807, 2.05) is 37.4 Å². The van der Waals surface area contributed by atoms with E-state index in [0.29, 0.717) is 12.0 Å². The summed E-state index contributed by atoms with van der Waals surface area (Å²) in [5.41, 5.74) is 3.38. The quantitative estimate of drug-likeness (QED) is 0.711. The SMILES string of the molecule is CCC(=O)c1cc(-c2cccc(C(=O)O)c2)c2cc[nH]c2c1. The fourth-order valence-corrected chi connectivity index (χ4v) is 2.59. The third-order valence-corrected chi connectivity index (χ3v) is 3.73. The van der Waals surface area contributed by atoms with E-state index in [9.17, 15) is 9.59 Å². The molecule has 0 aliphatic rings. The number of aromatic nitrogens is 1. The number of H-pyrrole nitrogens is 1. The number of carboxylic acid groups (broad SMARTS) is 1. The van der Waals surface area contributed by atoms with Crippen LogP contribution in [0.25, 0.3) is 22.0 Å². The van der Waals surface area contributed by atoms with Crippen LogP contribution in [-0.4, -0.2) is 21.8 Å². The number of aromatic amines is 1. The first-order chi connectivity index (χ1) is 10.6. The van der Waals surface area contributed by atoms with Crippen molar-refractivity contribution in [3.05, 3.63) is 59.8 Å². The summed E-state index contributed by atoms with van der Waals surface area (Å²) in [6.07, 6.45) is 2.25. The molecule has 0 fully saturated rings. The molecule has 22 heavy (non-hydrogen) atoms. The fourth-order valence-electron chi connectivity index (χ4n) is 2.59. The first kappa shape index (κ1) is 14.1. The van der Waals surface area contributed by atoms with Gasteiger partial charge in [0, 0.05) is 29.1 Å². The Kier molecular flexibility index (Phi) is 3.51. The third kappa shape index (κ3) is 2.39. The molecule has 1 heterocycles. The summed E-state index contributed by atoms with van der Waals surface area (Å²) >= 11 is 0. The smallest absolute Gasteiger partial charge is 0.335 e. The highest BCUT2D eigenvalue weighted by Crippen LogP contribution is 2.30. The molecule has 1 aromatic heterocycles. The zero-order valence-corrected chi connectivity index (χ0v) is 12.1. The second-order valence-corrected chi connectivity index (χ2v) is 5.13. The van der Waals surface area contributed by atoms with Gasteiger partial charge < -0.3 is 10.1 Å². The van der Waals surface area contributed by atoms with E-state index in [4.69, 9.17) is 5.11 Å². The lowest BCUT2D eigenvalue weighted by Crippen LogP contribution is -1.98. The predicted molar refractivity (Wildman–Crippen MR) is 85.3 cm³/mol. The number of nitrogens with one attached hydrogen (secondary N) is 1. The second kappa shape index (κ2) is 5.48. The minimum atomic E-state index is -0.965. The van der Waals surface area contributed by atoms with Gasteiger partial charge in [-0.1, -0.05) is 19.1 Å². The van der Waals surface area contributed by atoms with Crippen molar-refractivity contribution < 1.29 is 14.7 Å². The van der Waals surface area contributed by atoms with Crippen LogP contribution < -0.4 is 0 Å². The summed E-state index contributed by atoms with van der Waals surface area (Å²) in [4.78, 5) is 26.3. The number of carbonyl (C=O) groups excluding carboxylic acids is 1. The number of carboxylic acids is 1. The molecule has 0 radical (unpaired) electrons. The molecule has 0 saturated heterocycles. The number of fused-ring (bicyclic) bond motifs is 1. The Labute approximate surface area is 127 Å². The molecular formula is C18H15NO3. The van der Waals surface area contributed by atoms with Gasteiger partial charge in [-0.25, -0.2) is 4.79 Å². The highest BCUT2D eigenvalue weighted by Gasteiger charge is 2.12. The lowest BCUT2D eigenvalue weighted by molar-refractivity contribution is 0.0696. The van der Waals surface area contributed by atoms with Crippen LogP contribution in [0.1, 0.15) is 34.1 Å². The number of hydrogen-bond donors (Lipinski definition) is 2. The molecule has 0 bridgehead atoms. The maximum atomic E-state index is 12.0. The largest absolute Gasteiger partial charge is 0.478 e. The lowest BCUT2D eigenvalue weighted by atomic mass is 9.96. The van der Waals surface area contributed by atoms with Crippen molar-refractivity contribution in [1.29, 1.82) is 0 Å². The Bertz CT molecular complexity index is 877. The Morgan fingerprint density at radius 1 is 1.09 bits per heavy atom. The van der Waals surface area contributed by atoms with Crippen LogP contribution >= 0.6 is 0 Å². The van der Waals surface area contributed by atoms with E-state index in [1.54, 1.807) is 18.2 Å². The maximum absolute atomic E-state index is 12.0. The van der Waals surface area contributed by atoms with E-state index in [0.717, 1.165) is 22.0 Å². The van der Waals surface area contributed by atoms with Crippen molar-refractivity contribution in [2.45, 2.75) is 13.3 Å². The Morgan fingerprint density at radius 2 is 1.91 bits per heavy atom. The topological polar surface area (TPSA) is 70.2 Å². The monoisotopic (exact) mass is 293 g/mol. The molecule has 0 aliphatic carbocycles. The van der Waals surface area contributed by atoms with Crippen molar-refractivity contribution in [3.63, 3.8) is 0 Å². The van der Waals surface area contributed by atoms with Crippen molar-refractivity contribution in [2.24, 2.45) is 0 Å². The van der Waals surface area contributed by atoms with E-state index in [-0.39, 0.29) is 11.3 Å². The summed E-state index contributed by atoms with van der Waals surface area (Å²) in [5, 5.41) is 10.1. The number of ketones is 1. The van der Waals surface area contributed by atoms with Crippen LogP contribution in [0.4, 0.5) is 0 Å². The van der Waals surface area contributed by atoms with Gasteiger partial charge in [0.05, 0.1) is 5.56 Å². The first-order valence-corrected chi connectivity index (χ1v) is 7.08. The second-order valence-electron chi connectivity index (χ2n) is 5.13. The average molecular weight is 293 g/mol. The van der Waals surface area contributed by atoms with Gasteiger partial charge in [0.25, 0.3) is 0 Å². The molecular weight excluding hydrogens is 278 g/mol. The molecule has 0 spiro atoms. The predicted octanol–water partition coefficient (Wildman–Crippen LogP) is 4.13. The number of rotatable bonds is 4. The molecule has 0 atom stereocenters. The van der Waals surface area contributed by atoms with Crippen LogP contribution in [-0.2, 0) is 0 Å². The highest BCUT2D eigenvalue weighted by atomic mass is 16.4. The van der Waals surface area contributed by atoms with Crippen LogP contribution in [0.2, 0.25) is 0 Å². The maximum Gasteiger partial charge on any atom is 0.335 e. The van der Waals surface area contributed by atoms with Gasteiger partial charge in [-0.05, 0) is 41.5 Å². The Hall–Kier alpha value is -2.88. The van der Waals surface area contributed by atoms with Crippen molar-refractivity contribution in [1.82, 2.24) is 4.98 Å². The number of hydrogen-bond acceptors (Lipinski definition) is 2. The van der Waals surface area contributed by atoms with Crippen molar-refractivity contribution in [2.75, 3.05) is 0 Å². The summed E-state index contributed by atoms with van der Waals surface area (Å²) < 4.78 is 0. The minimum Gasteiger partial charge on any atom is -0.478 e. The van der Waals surface area contributed by atoms with Crippen LogP contribution in [0, 0.1) is 0 Å². The number of Topliss-reactive ketones (excluding diaryl/α,β-unsaturated/α-hetero) is 1. The Balaban J connectivity index is 2.25. The van der Waals surface area contributed by atoms with Gasteiger partial charge in [-0.15, -0.1) is 0 Å². The summed E-state index contributed by atoms with van der Waals surface area (Å²) in [6.45, 7) is 1.83. The van der Waals surface area contributed by atoms with Crippen molar-refractivity contribution in [3.8, 4) is 11.1 Å². The van der Waals surface area contributed by atoms with E-state index in [2.05, 4.69) is 4.98 Å². The summed E-state index contributed by atoms with van der Waals surface area (Å²) in [5.74, 6) is -0.903. The molecule has 2 aromatic carbocycles. The molecule has 0 unspecified atom stereocenters. The fraction of sp³-hybridized carbons (Fsp3) is 0.111. The summed E-state index contributed by atoms with van der Waals surface area (Å²) in [7, 11) is 0. The van der Waals surface area contributed by atoms with Gasteiger partial charge in [0.15, 0.2) is 5.78 Å². The number of benzene rings is 2.